The van der Waals surface area contributed by atoms with Crippen molar-refractivity contribution in [2.24, 2.45) is 7.05 Å². The number of benzene rings is 3. The third kappa shape index (κ3) is 2.52. The van der Waals surface area contributed by atoms with Crippen molar-refractivity contribution >= 4 is 27.8 Å². The molecule has 0 aliphatic heterocycles. The topological polar surface area (TPSA) is 30.2 Å². The van der Waals surface area contributed by atoms with Crippen LogP contribution in [0.2, 0.25) is 0 Å². The van der Waals surface area contributed by atoms with E-state index in [1.165, 1.54) is 12.1 Å². The summed E-state index contributed by atoms with van der Waals surface area (Å²) in [5.74, 6) is -1.21. The number of aryl methyl sites for hydroxylation is 1. The third-order valence-electron chi connectivity index (χ3n) is 4.31. The molecule has 0 amide bonds. The quantitative estimate of drug-likeness (QED) is 0.239. The number of ether oxygens (including phenoxy) is 1. The predicted molar refractivity (Wildman–Crippen MR) is 94.0 cm³/mol. The van der Waals surface area contributed by atoms with Crippen LogP contribution in [0.5, 0.6) is 5.75 Å². The molecule has 4 heteroatoms. The molecule has 0 radical (unpaired) electrons. The van der Waals surface area contributed by atoms with Gasteiger partial charge in [-0.3, -0.25) is 0 Å². The van der Waals surface area contributed by atoms with Crippen molar-refractivity contribution in [2.45, 2.75) is 0 Å². The van der Waals surface area contributed by atoms with E-state index >= 15 is 0 Å². The van der Waals surface area contributed by atoms with E-state index in [0.717, 1.165) is 21.8 Å². The van der Waals surface area contributed by atoms with Gasteiger partial charge in [0.25, 0.3) is 0 Å². The first-order chi connectivity index (χ1) is 12.2. The molecule has 0 saturated heterocycles. The van der Waals surface area contributed by atoms with Gasteiger partial charge in [-0.1, -0.05) is 36.4 Å². The Balaban J connectivity index is 1.97. The molecule has 4 rings (SSSR count). The molecule has 0 spiro atoms. The molecule has 0 aliphatic carbocycles. The number of rotatable bonds is 2. The fourth-order valence-corrected chi connectivity index (χ4v) is 3.13. The van der Waals surface area contributed by atoms with Crippen molar-refractivity contribution in [1.82, 2.24) is 0 Å². The van der Waals surface area contributed by atoms with Crippen LogP contribution in [0.1, 0.15) is 10.4 Å². The molecule has 0 fully saturated rings. The van der Waals surface area contributed by atoms with Gasteiger partial charge in [-0.15, -0.1) is 0 Å². The Labute approximate surface area is 143 Å². The summed E-state index contributed by atoms with van der Waals surface area (Å²) in [4.78, 5) is 12.9. The predicted octanol–water partition coefficient (Wildman–Crippen LogP) is 4.18. The lowest BCUT2D eigenvalue weighted by molar-refractivity contribution is -0.617. The van der Waals surface area contributed by atoms with E-state index in [9.17, 15) is 9.18 Å². The molecule has 4 aromatic rings. The molecular weight excluding hydrogens is 317 g/mol. The third-order valence-corrected chi connectivity index (χ3v) is 4.31. The molecule has 3 aromatic carbocycles. The summed E-state index contributed by atoms with van der Waals surface area (Å²) in [6.45, 7) is 0. The fourth-order valence-electron chi connectivity index (χ4n) is 3.13. The van der Waals surface area contributed by atoms with Crippen LogP contribution in [-0.4, -0.2) is 5.97 Å². The molecule has 0 unspecified atom stereocenters. The van der Waals surface area contributed by atoms with Gasteiger partial charge in [0.05, 0.1) is 16.3 Å². The maximum atomic E-state index is 13.9. The van der Waals surface area contributed by atoms with Gasteiger partial charge in [0.15, 0.2) is 11.6 Å². The molecule has 0 atom stereocenters. The monoisotopic (exact) mass is 332 g/mol. The van der Waals surface area contributed by atoms with Crippen LogP contribution < -0.4 is 9.30 Å². The van der Waals surface area contributed by atoms with Crippen LogP contribution in [-0.2, 0) is 7.05 Å². The zero-order chi connectivity index (χ0) is 17.4. The number of pyridine rings is 1. The first kappa shape index (κ1) is 15.3. The number of aromatic nitrogens is 1. The van der Waals surface area contributed by atoms with Gasteiger partial charge in [-0.2, -0.15) is 4.57 Å². The van der Waals surface area contributed by atoms with E-state index in [0.29, 0.717) is 5.56 Å². The van der Waals surface area contributed by atoms with Crippen LogP contribution in [0.4, 0.5) is 4.39 Å². The summed E-state index contributed by atoms with van der Waals surface area (Å²) in [5.41, 5.74) is 2.25. The first-order valence-corrected chi connectivity index (χ1v) is 7.93. The van der Waals surface area contributed by atoms with Crippen LogP contribution >= 0.6 is 0 Å². The number of para-hydroxylation sites is 3. The minimum atomic E-state index is -0.571. The average Bonchev–Trinajstić information content (AvgIpc) is 2.64. The van der Waals surface area contributed by atoms with Crippen molar-refractivity contribution in [3.05, 3.63) is 84.2 Å². The van der Waals surface area contributed by atoms with Gasteiger partial charge >= 0.3 is 5.97 Å². The minimum Gasteiger partial charge on any atom is -0.420 e. The van der Waals surface area contributed by atoms with Crippen LogP contribution in [0.3, 0.4) is 0 Å². The van der Waals surface area contributed by atoms with E-state index in [1.54, 1.807) is 12.1 Å². The molecule has 122 valence electrons. The number of esters is 1. The number of fused-ring (bicyclic) bond motifs is 2. The highest BCUT2D eigenvalue weighted by atomic mass is 19.1. The Morgan fingerprint density at radius 1 is 0.840 bits per heavy atom. The van der Waals surface area contributed by atoms with Gasteiger partial charge in [-0.25, -0.2) is 9.18 Å². The van der Waals surface area contributed by atoms with Gasteiger partial charge in [0, 0.05) is 12.1 Å². The molecule has 1 heterocycles. The van der Waals surface area contributed by atoms with E-state index in [2.05, 4.69) is 0 Å². The van der Waals surface area contributed by atoms with Gasteiger partial charge in [0.1, 0.15) is 7.05 Å². The van der Waals surface area contributed by atoms with Crippen LogP contribution in [0.15, 0.2) is 72.8 Å². The largest absolute Gasteiger partial charge is 0.420 e. The Kier molecular flexibility index (Phi) is 3.65. The Morgan fingerprint density at radius 3 is 1.96 bits per heavy atom. The minimum absolute atomic E-state index is 0.0751. The van der Waals surface area contributed by atoms with E-state index in [-0.39, 0.29) is 5.75 Å². The van der Waals surface area contributed by atoms with Crippen molar-refractivity contribution in [3.63, 3.8) is 0 Å². The highest BCUT2D eigenvalue weighted by Crippen LogP contribution is 2.26. The molecule has 0 aliphatic rings. The Morgan fingerprint density at radius 2 is 1.36 bits per heavy atom. The smallest absolute Gasteiger partial charge is 0.345 e. The lowest BCUT2D eigenvalue weighted by atomic mass is 10.0. The van der Waals surface area contributed by atoms with E-state index in [4.69, 9.17) is 4.74 Å². The van der Waals surface area contributed by atoms with Gasteiger partial charge in [-0.05, 0) is 24.3 Å². The molecule has 25 heavy (non-hydrogen) atoms. The van der Waals surface area contributed by atoms with E-state index in [1.807, 2.05) is 60.1 Å². The van der Waals surface area contributed by atoms with Crippen molar-refractivity contribution in [3.8, 4) is 5.75 Å². The molecule has 0 saturated carbocycles. The Bertz CT molecular complexity index is 1060. The second-order valence-electron chi connectivity index (χ2n) is 5.79. The van der Waals surface area contributed by atoms with Gasteiger partial charge < -0.3 is 4.74 Å². The Hall–Kier alpha value is -3.27. The maximum Gasteiger partial charge on any atom is 0.345 e. The fraction of sp³-hybridized carbons (Fsp3) is 0.0476. The van der Waals surface area contributed by atoms with Crippen LogP contribution in [0, 0.1) is 5.82 Å². The lowest BCUT2D eigenvalue weighted by Gasteiger charge is -2.10. The normalized spacial score (nSPS) is 11.0. The second kappa shape index (κ2) is 5.98. The number of carbonyl (C=O) groups is 1. The van der Waals surface area contributed by atoms with E-state index < -0.39 is 11.8 Å². The SMILES string of the molecule is C[n+]1c2ccccc2c(C(=O)Oc2ccccc2F)c2ccccc21. The van der Waals surface area contributed by atoms with Crippen molar-refractivity contribution < 1.29 is 18.5 Å². The summed E-state index contributed by atoms with van der Waals surface area (Å²) in [7, 11) is 1.96. The zero-order valence-corrected chi connectivity index (χ0v) is 13.6. The molecule has 1 aromatic heterocycles. The number of hydrogen-bond acceptors (Lipinski definition) is 2. The number of halogens is 1. The highest BCUT2D eigenvalue weighted by molar-refractivity contribution is 6.13. The van der Waals surface area contributed by atoms with Crippen LogP contribution in [0.25, 0.3) is 21.8 Å². The summed E-state index contributed by atoms with van der Waals surface area (Å²) in [6, 6.07) is 21.1. The average molecular weight is 332 g/mol. The molecule has 3 nitrogen and oxygen atoms in total. The molecule has 0 N–H and O–H groups in total. The molecular formula is C21H15FNO2+. The highest BCUT2D eigenvalue weighted by Gasteiger charge is 2.23. The number of hydrogen-bond donors (Lipinski definition) is 0. The summed E-state index contributed by atoms with van der Waals surface area (Å²) in [5, 5.41) is 1.54. The first-order valence-electron chi connectivity index (χ1n) is 7.93. The maximum absolute atomic E-state index is 13.9. The standard InChI is InChI=1S/C21H15FNO2/c1-23-17-11-5-2-8-14(17)20(15-9-3-6-12-18(15)23)21(24)25-19-13-7-4-10-16(19)22/h2-13H,1H3/q+1. The summed E-state index contributed by atoms with van der Waals surface area (Å²) < 4.78 is 21.3. The van der Waals surface area contributed by atoms with Gasteiger partial charge in [0.2, 0.25) is 11.0 Å². The molecule has 0 bridgehead atoms. The summed E-state index contributed by atoms with van der Waals surface area (Å²) in [6.07, 6.45) is 0. The van der Waals surface area contributed by atoms with Crippen molar-refractivity contribution in [2.75, 3.05) is 0 Å². The second-order valence-corrected chi connectivity index (χ2v) is 5.79. The zero-order valence-electron chi connectivity index (χ0n) is 13.6. The number of nitrogens with zero attached hydrogens (tertiary/aromatic N) is 1. The van der Waals surface area contributed by atoms with Crippen molar-refractivity contribution in [1.29, 1.82) is 0 Å². The summed E-state index contributed by atoms with van der Waals surface area (Å²) >= 11 is 0. The lowest BCUT2D eigenvalue weighted by Crippen LogP contribution is -2.31. The number of carbonyl (C=O) groups excluding carboxylic acids is 1.